The van der Waals surface area contributed by atoms with Crippen LogP contribution in [0, 0.1) is 5.92 Å². The second-order valence-corrected chi connectivity index (χ2v) is 7.21. The molecule has 1 N–H and O–H groups in total. The van der Waals surface area contributed by atoms with Crippen LogP contribution in [0.25, 0.3) is 0 Å². The second-order valence-electron chi connectivity index (χ2n) is 7.21. The molecule has 1 saturated carbocycles. The molecule has 0 radical (unpaired) electrons. The number of carbonyl (C=O) groups is 1. The van der Waals surface area contributed by atoms with Gasteiger partial charge in [-0.2, -0.15) is 0 Å². The molecule has 0 bridgehead atoms. The highest BCUT2D eigenvalue weighted by Crippen LogP contribution is 2.23. The number of likely N-dealkylation sites (tertiary alicyclic amines) is 1. The Bertz CT molecular complexity index is 502. The summed E-state index contributed by atoms with van der Waals surface area (Å²) in [5, 5.41) is 3.15. The summed E-state index contributed by atoms with van der Waals surface area (Å²) in [7, 11) is 0. The topological polar surface area (TPSA) is 32.3 Å². The predicted molar refractivity (Wildman–Crippen MR) is 94.0 cm³/mol. The molecule has 0 spiro atoms. The van der Waals surface area contributed by atoms with Gasteiger partial charge in [-0.3, -0.25) is 9.69 Å². The number of piperidine rings is 1. The zero-order valence-electron chi connectivity index (χ0n) is 14.2. The molecule has 1 aliphatic heterocycles. The van der Waals surface area contributed by atoms with E-state index in [1.54, 1.807) is 0 Å². The van der Waals surface area contributed by atoms with E-state index in [0.717, 1.165) is 19.4 Å². The van der Waals surface area contributed by atoms with Crippen molar-refractivity contribution in [2.45, 2.75) is 64.5 Å². The number of hydrogen-bond acceptors (Lipinski definition) is 2. The molecule has 1 saturated heterocycles. The fourth-order valence-corrected chi connectivity index (χ4v) is 3.91. The summed E-state index contributed by atoms with van der Waals surface area (Å²) in [5.41, 5.74) is 2.60. The molecule has 0 atom stereocenters. The first-order valence-electron chi connectivity index (χ1n) is 9.39. The van der Waals surface area contributed by atoms with E-state index in [4.69, 9.17) is 0 Å². The van der Waals surface area contributed by atoms with Crippen molar-refractivity contribution in [3.8, 4) is 0 Å². The van der Waals surface area contributed by atoms with Crippen LogP contribution >= 0.6 is 0 Å². The van der Waals surface area contributed by atoms with E-state index in [1.807, 2.05) is 0 Å². The molecule has 1 aromatic carbocycles. The third kappa shape index (κ3) is 5.07. The molecule has 1 aromatic rings. The lowest BCUT2D eigenvalue weighted by atomic mass is 9.88. The lowest BCUT2D eigenvalue weighted by molar-refractivity contribution is -0.126. The maximum Gasteiger partial charge on any atom is 0.223 e. The Morgan fingerprint density at radius 3 is 2.48 bits per heavy atom. The van der Waals surface area contributed by atoms with Gasteiger partial charge in [-0.05, 0) is 49.9 Å². The molecule has 23 heavy (non-hydrogen) atoms. The van der Waals surface area contributed by atoms with Crippen LogP contribution in [0.1, 0.15) is 62.5 Å². The lowest BCUT2D eigenvalue weighted by Crippen LogP contribution is -2.31. The zero-order chi connectivity index (χ0) is 15.9. The summed E-state index contributed by atoms with van der Waals surface area (Å²) >= 11 is 0. The minimum absolute atomic E-state index is 0.250. The molecular weight excluding hydrogens is 284 g/mol. The number of rotatable bonds is 5. The SMILES string of the molecule is O=C(NCc1cccc(CN2CCCCC2)c1)C1CCCCC1. The molecule has 3 rings (SSSR count). The summed E-state index contributed by atoms with van der Waals surface area (Å²) in [4.78, 5) is 14.8. The van der Waals surface area contributed by atoms with Crippen molar-refractivity contribution in [3.63, 3.8) is 0 Å². The van der Waals surface area contributed by atoms with Crippen molar-refractivity contribution in [1.82, 2.24) is 10.2 Å². The number of amides is 1. The molecule has 3 heteroatoms. The smallest absolute Gasteiger partial charge is 0.223 e. The molecule has 0 unspecified atom stereocenters. The van der Waals surface area contributed by atoms with Gasteiger partial charge in [0.05, 0.1) is 0 Å². The third-order valence-corrected chi connectivity index (χ3v) is 5.29. The van der Waals surface area contributed by atoms with Gasteiger partial charge < -0.3 is 5.32 Å². The quantitative estimate of drug-likeness (QED) is 0.895. The first-order chi connectivity index (χ1) is 11.3. The van der Waals surface area contributed by atoms with Crippen molar-refractivity contribution in [2.24, 2.45) is 5.92 Å². The van der Waals surface area contributed by atoms with Gasteiger partial charge in [0.1, 0.15) is 0 Å². The van der Waals surface area contributed by atoms with E-state index < -0.39 is 0 Å². The van der Waals surface area contributed by atoms with Gasteiger partial charge in [-0.1, -0.05) is 49.9 Å². The molecule has 126 valence electrons. The summed E-state index contributed by atoms with van der Waals surface area (Å²) in [5.74, 6) is 0.506. The van der Waals surface area contributed by atoms with E-state index in [2.05, 4.69) is 34.5 Å². The van der Waals surface area contributed by atoms with E-state index in [0.29, 0.717) is 6.54 Å². The summed E-state index contributed by atoms with van der Waals surface area (Å²) < 4.78 is 0. The van der Waals surface area contributed by atoms with Crippen molar-refractivity contribution in [2.75, 3.05) is 13.1 Å². The van der Waals surface area contributed by atoms with Crippen molar-refractivity contribution >= 4 is 5.91 Å². The van der Waals surface area contributed by atoms with Gasteiger partial charge in [0.15, 0.2) is 0 Å². The van der Waals surface area contributed by atoms with Gasteiger partial charge in [-0.15, -0.1) is 0 Å². The molecule has 2 aliphatic rings. The Morgan fingerprint density at radius 2 is 1.70 bits per heavy atom. The predicted octanol–water partition coefficient (Wildman–Crippen LogP) is 3.87. The van der Waals surface area contributed by atoms with E-state index in [-0.39, 0.29) is 11.8 Å². The van der Waals surface area contributed by atoms with Crippen LogP contribution in [0.4, 0.5) is 0 Å². The van der Waals surface area contributed by atoms with Gasteiger partial charge in [0, 0.05) is 19.0 Å². The highest BCUT2D eigenvalue weighted by molar-refractivity contribution is 5.78. The van der Waals surface area contributed by atoms with Crippen LogP contribution in [0.2, 0.25) is 0 Å². The highest BCUT2D eigenvalue weighted by atomic mass is 16.1. The number of hydrogen-bond donors (Lipinski definition) is 1. The average Bonchev–Trinajstić information content (AvgIpc) is 2.62. The molecule has 1 aliphatic carbocycles. The first kappa shape index (κ1) is 16.5. The van der Waals surface area contributed by atoms with Crippen LogP contribution in [0.15, 0.2) is 24.3 Å². The Kier molecular flexibility index (Phi) is 6.09. The number of nitrogens with zero attached hydrogens (tertiary/aromatic N) is 1. The molecule has 3 nitrogen and oxygen atoms in total. The Labute approximate surface area is 140 Å². The van der Waals surface area contributed by atoms with Crippen LogP contribution in [-0.4, -0.2) is 23.9 Å². The van der Waals surface area contributed by atoms with Gasteiger partial charge >= 0.3 is 0 Å². The fraction of sp³-hybridized carbons (Fsp3) is 0.650. The third-order valence-electron chi connectivity index (χ3n) is 5.29. The normalized spacial score (nSPS) is 20.3. The largest absolute Gasteiger partial charge is 0.352 e. The Balaban J connectivity index is 1.49. The van der Waals surface area contributed by atoms with Crippen LogP contribution in [-0.2, 0) is 17.9 Å². The summed E-state index contributed by atoms with van der Waals surface area (Å²) in [6, 6.07) is 8.72. The lowest BCUT2D eigenvalue weighted by Gasteiger charge is -2.26. The standard InChI is InChI=1S/C20H30N2O/c23-20(19-10-3-1-4-11-19)21-15-17-8-7-9-18(14-17)16-22-12-5-2-6-13-22/h7-9,14,19H,1-6,10-13,15-16H2,(H,21,23). The van der Waals surface area contributed by atoms with E-state index in [1.165, 1.54) is 62.7 Å². The van der Waals surface area contributed by atoms with Crippen LogP contribution < -0.4 is 5.32 Å². The first-order valence-corrected chi connectivity index (χ1v) is 9.39. The average molecular weight is 314 g/mol. The second kappa shape index (κ2) is 8.49. The van der Waals surface area contributed by atoms with Crippen LogP contribution in [0.3, 0.4) is 0 Å². The number of carbonyl (C=O) groups excluding carboxylic acids is 1. The fourth-order valence-electron chi connectivity index (χ4n) is 3.91. The highest BCUT2D eigenvalue weighted by Gasteiger charge is 2.20. The molecular formula is C20H30N2O. The number of nitrogens with one attached hydrogen (secondary N) is 1. The van der Waals surface area contributed by atoms with Gasteiger partial charge in [0.25, 0.3) is 0 Å². The van der Waals surface area contributed by atoms with E-state index >= 15 is 0 Å². The van der Waals surface area contributed by atoms with Crippen LogP contribution in [0.5, 0.6) is 0 Å². The maximum absolute atomic E-state index is 12.3. The van der Waals surface area contributed by atoms with Crippen molar-refractivity contribution in [3.05, 3.63) is 35.4 Å². The van der Waals surface area contributed by atoms with Gasteiger partial charge in [-0.25, -0.2) is 0 Å². The van der Waals surface area contributed by atoms with Crippen molar-refractivity contribution < 1.29 is 4.79 Å². The maximum atomic E-state index is 12.3. The Morgan fingerprint density at radius 1 is 1.00 bits per heavy atom. The minimum Gasteiger partial charge on any atom is -0.352 e. The summed E-state index contributed by atoms with van der Waals surface area (Å²) in [6.07, 6.45) is 9.90. The Hall–Kier alpha value is -1.35. The monoisotopic (exact) mass is 314 g/mol. The molecule has 2 fully saturated rings. The summed E-state index contributed by atoms with van der Waals surface area (Å²) in [6.45, 7) is 4.17. The number of benzene rings is 1. The van der Waals surface area contributed by atoms with Gasteiger partial charge in [0.2, 0.25) is 5.91 Å². The molecule has 1 amide bonds. The molecule has 0 aromatic heterocycles. The van der Waals surface area contributed by atoms with Crippen molar-refractivity contribution in [1.29, 1.82) is 0 Å². The molecule has 1 heterocycles. The van der Waals surface area contributed by atoms with E-state index in [9.17, 15) is 4.79 Å². The zero-order valence-corrected chi connectivity index (χ0v) is 14.2. The minimum atomic E-state index is 0.250.